The van der Waals surface area contributed by atoms with Crippen molar-refractivity contribution in [3.63, 3.8) is 0 Å². The third-order valence-electron chi connectivity index (χ3n) is 2.96. The zero-order valence-corrected chi connectivity index (χ0v) is 14.1. The maximum atomic E-state index is 12.3. The highest BCUT2D eigenvalue weighted by atomic mass is 32.2. The summed E-state index contributed by atoms with van der Waals surface area (Å²) >= 11 is 0.720. The first-order valence-corrected chi connectivity index (χ1v) is 8.80. The summed E-state index contributed by atoms with van der Waals surface area (Å²) in [7, 11) is -2.47. The van der Waals surface area contributed by atoms with Gasteiger partial charge >= 0.3 is 5.76 Å². The topological polar surface area (TPSA) is 136 Å². The molecule has 0 aliphatic carbocycles. The molecule has 0 bridgehead atoms. The van der Waals surface area contributed by atoms with Crippen LogP contribution in [0.5, 0.6) is 0 Å². The van der Waals surface area contributed by atoms with Crippen LogP contribution in [0, 0.1) is 0 Å². The van der Waals surface area contributed by atoms with E-state index in [1.54, 1.807) is 0 Å². The van der Waals surface area contributed by atoms with Crippen molar-refractivity contribution in [3.05, 3.63) is 28.7 Å². The van der Waals surface area contributed by atoms with Crippen molar-refractivity contribution in [2.24, 2.45) is 7.05 Å². The molecule has 10 nitrogen and oxygen atoms in total. The molecule has 0 unspecified atom stereocenters. The average molecular weight is 369 g/mol. The van der Waals surface area contributed by atoms with E-state index in [0.29, 0.717) is 11.1 Å². The summed E-state index contributed by atoms with van der Waals surface area (Å²) in [5, 5.41) is 9.58. The minimum atomic E-state index is -3.98. The molecule has 2 heterocycles. The third-order valence-corrected chi connectivity index (χ3v) is 5.55. The van der Waals surface area contributed by atoms with Crippen LogP contribution in [0.25, 0.3) is 11.1 Å². The molecule has 0 radical (unpaired) electrons. The molecule has 0 atom stereocenters. The number of amides is 1. The third kappa shape index (κ3) is 3.00. The molecule has 2 N–H and O–H groups in total. The Kier molecular flexibility index (Phi) is 3.85. The van der Waals surface area contributed by atoms with Crippen LogP contribution < -0.4 is 15.8 Å². The number of rotatable bonds is 4. The Bertz CT molecular complexity index is 1090. The van der Waals surface area contributed by atoms with Gasteiger partial charge in [0.15, 0.2) is 5.58 Å². The Labute approximate surface area is 139 Å². The number of nitrogens with one attached hydrogen (secondary N) is 2. The number of oxazole rings is 1. The largest absolute Gasteiger partial charge is 0.419 e. The van der Waals surface area contributed by atoms with Gasteiger partial charge in [-0.25, -0.2) is 4.79 Å². The predicted octanol–water partition coefficient (Wildman–Crippen LogP) is 0.742. The van der Waals surface area contributed by atoms with Crippen molar-refractivity contribution in [1.29, 1.82) is 0 Å². The molecule has 0 aliphatic rings. The van der Waals surface area contributed by atoms with Crippen LogP contribution in [0.15, 0.2) is 31.8 Å². The number of hydrogen-bond acceptors (Lipinski definition) is 8. The van der Waals surface area contributed by atoms with Gasteiger partial charge in [-0.05, 0) is 18.2 Å². The van der Waals surface area contributed by atoms with Crippen molar-refractivity contribution < 1.29 is 17.6 Å². The molecule has 3 aromatic rings. The average Bonchev–Trinajstić information content (AvgIpc) is 3.05. The van der Waals surface area contributed by atoms with Gasteiger partial charge in [-0.1, -0.05) is 11.3 Å². The predicted molar refractivity (Wildman–Crippen MR) is 86.5 cm³/mol. The summed E-state index contributed by atoms with van der Waals surface area (Å²) in [6.45, 7) is 1.28. The SMILES string of the molecule is CC(=O)Nc1nnc(S(=O)(=O)Nc2ccc3oc(=O)n(C)c3c2)s1. The van der Waals surface area contributed by atoms with Crippen molar-refractivity contribution >= 4 is 49.2 Å². The maximum absolute atomic E-state index is 12.3. The minimum absolute atomic E-state index is 0.0792. The van der Waals surface area contributed by atoms with Gasteiger partial charge in [-0.2, -0.15) is 8.42 Å². The highest BCUT2D eigenvalue weighted by Crippen LogP contribution is 2.24. The van der Waals surface area contributed by atoms with Crippen molar-refractivity contribution in [2.75, 3.05) is 10.0 Å². The number of anilines is 2. The van der Waals surface area contributed by atoms with Gasteiger partial charge in [0.05, 0.1) is 11.2 Å². The lowest BCUT2D eigenvalue weighted by Crippen LogP contribution is -2.13. The number of sulfonamides is 1. The van der Waals surface area contributed by atoms with Crippen LogP contribution in [-0.2, 0) is 21.9 Å². The monoisotopic (exact) mass is 369 g/mol. The summed E-state index contributed by atoms with van der Waals surface area (Å²) in [6, 6.07) is 4.41. The summed E-state index contributed by atoms with van der Waals surface area (Å²) in [4.78, 5) is 22.4. The first-order chi connectivity index (χ1) is 11.3. The van der Waals surface area contributed by atoms with Crippen LogP contribution in [-0.4, -0.2) is 29.1 Å². The molecule has 3 rings (SSSR count). The normalized spacial score (nSPS) is 11.6. The summed E-state index contributed by atoms with van der Waals surface area (Å²) < 4.78 is 32.9. The quantitative estimate of drug-likeness (QED) is 0.647. The maximum Gasteiger partial charge on any atom is 0.419 e. The van der Waals surface area contributed by atoms with E-state index in [1.807, 2.05) is 0 Å². The number of fused-ring (bicyclic) bond motifs is 1. The van der Waals surface area contributed by atoms with Gasteiger partial charge in [-0.3, -0.25) is 14.1 Å². The Hall–Kier alpha value is -2.73. The van der Waals surface area contributed by atoms with Crippen LogP contribution in [0.4, 0.5) is 10.8 Å². The molecule has 0 fully saturated rings. The fraction of sp³-hybridized carbons (Fsp3) is 0.167. The van der Waals surface area contributed by atoms with Crippen LogP contribution in [0.3, 0.4) is 0 Å². The Balaban J connectivity index is 1.91. The molecule has 0 spiro atoms. The lowest BCUT2D eigenvalue weighted by atomic mass is 10.3. The Morgan fingerprint density at radius 1 is 1.33 bits per heavy atom. The molecule has 0 saturated carbocycles. The van der Waals surface area contributed by atoms with Gasteiger partial charge in [-0.15, -0.1) is 10.2 Å². The summed E-state index contributed by atoms with van der Waals surface area (Å²) in [5.74, 6) is -0.927. The first kappa shape index (κ1) is 16.1. The van der Waals surface area contributed by atoms with Gasteiger partial charge in [0.1, 0.15) is 0 Å². The summed E-state index contributed by atoms with van der Waals surface area (Å²) in [5.41, 5.74) is 1.01. The molecule has 24 heavy (non-hydrogen) atoms. The zero-order chi connectivity index (χ0) is 17.5. The van der Waals surface area contributed by atoms with Crippen molar-refractivity contribution in [1.82, 2.24) is 14.8 Å². The number of aromatic nitrogens is 3. The number of carbonyl (C=O) groups is 1. The van der Waals surface area contributed by atoms with E-state index < -0.39 is 15.8 Å². The zero-order valence-electron chi connectivity index (χ0n) is 12.4. The molecular weight excluding hydrogens is 358 g/mol. The minimum Gasteiger partial charge on any atom is -0.408 e. The van der Waals surface area contributed by atoms with Gasteiger partial charge in [0, 0.05) is 14.0 Å². The van der Waals surface area contributed by atoms with E-state index in [0.717, 1.165) is 11.3 Å². The number of hydrogen-bond donors (Lipinski definition) is 2. The van der Waals surface area contributed by atoms with Crippen LogP contribution >= 0.6 is 11.3 Å². The van der Waals surface area contributed by atoms with E-state index in [2.05, 4.69) is 20.2 Å². The standard InChI is InChI=1S/C12H11N5O5S2/c1-6(18)13-10-14-15-11(23-10)24(20,21)16-7-3-4-9-8(5-7)17(2)12(19)22-9/h3-5,16H,1-2H3,(H,13,14,18). The Morgan fingerprint density at radius 2 is 2.08 bits per heavy atom. The van der Waals surface area contributed by atoms with Crippen LogP contribution in [0.2, 0.25) is 0 Å². The van der Waals surface area contributed by atoms with E-state index >= 15 is 0 Å². The summed E-state index contributed by atoms with van der Waals surface area (Å²) in [6.07, 6.45) is 0. The van der Waals surface area contributed by atoms with Crippen LogP contribution in [0.1, 0.15) is 6.92 Å². The highest BCUT2D eigenvalue weighted by Gasteiger charge is 2.21. The molecule has 2 aromatic heterocycles. The fourth-order valence-electron chi connectivity index (χ4n) is 1.91. The van der Waals surface area contributed by atoms with E-state index in [9.17, 15) is 18.0 Å². The van der Waals surface area contributed by atoms with E-state index in [1.165, 1.54) is 36.7 Å². The molecule has 1 amide bonds. The smallest absolute Gasteiger partial charge is 0.408 e. The van der Waals surface area contributed by atoms with Gasteiger partial charge < -0.3 is 9.73 Å². The molecule has 1 aromatic carbocycles. The second-order valence-electron chi connectivity index (χ2n) is 4.77. The van der Waals surface area contributed by atoms with E-state index in [4.69, 9.17) is 4.42 Å². The molecular formula is C12H11N5O5S2. The second kappa shape index (κ2) is 5.72. The number of nitrogens with zero attached hydrogens (tertiary/aromatic N) is 3. The second-order valence-corrected chi connectivity index (χ2v) is 7.60. The van der Waals surface area contributed by atoms with Gasteiger partial charge in [0.25, 0.3) is 14.4 Å². The molecule has 0 saturated heterocycles. The Morgan fingerprint density at radius 3 is 2.79 bits per heavy atom. The molecule has 126 valence electrons. The number of benzene rings is 1. The highest BCUT2D eigenvalue weighted by molar-refractivity contribution is 7.94. The number of aryl methyl sites for hydroxylation is 1. The van der Waals surface area contributed by atoms with Crippen molar-refractivity contribution in [3.8, 4) is 0 Å². The molecule has 12 heteroatoms. The van der Waals surface area contributed by atoms with Gasteiger partial charge in [0.2, 0.25) is 11.0 Å². The van der Waals surface area contributed by atoms with Crippen molar-refractivity contribution in [2.45, 2.75) is 11.3 Å². The first-order valence-electron chi connectivity index (χ1n) is 6.50. The fourth-order valence-corrected chi connectivity index (χ4v) is 3.91. The molecule has 0 aliphatic heterocycles. The lowest BCUT2D eigenvalue weighted by Gasteiger charge is -2.05. The lowest BCUT2D eigenvalue weighted by molar-refractivity contribution is -0.114. The number of carbonyl (C=O) groups excluding carboxylic acids is 1. The van der Waals surface area contributed by atoms with E-state index in [-0.39, 0.29) is 21.1 Å².